The number of aryl methyl sites for hydroxylation is 1. The van der Waals surface area contributed by atoms with Gasteiger partial charge in [0.05, 0.1) is 12.7 Å². The highest BCUT2D eigenvalue weighted by Crippen LogP contribution is 2.32. The van der Waals surface area contributed by atoms with E-state index in [-0.39, 0.29) is 11.4 Å². The average Bonchev–Trinajstić information content (AvgIpc) is 2.62. The Hall–Kier alpha value is -1.40. The van der Waals surface area contributed by atoms with Crippen molar-refractivity contribution in [1.29, 1.82) is 0 Å². The van der Waals surface area contributed by atoms with Crippen LogP contribution >= 0.6 is 11.3 Å². The van der Waals surface area contributed by atoms with Crippen molar-refractivity contribution in [2.75, 3.05) is 19.0 Å². The van der Waals surface area contributed by atoms with Crippen LogP contribution < -0.4 is 10.6 Å². The quantitative estimate of drug-likeness (QED) is 0.820. The molecule has 21 heavy (non-hydrogen) atoms. The Balaban J connectivity index is 2.72. The fourth-order valence-electron chi connectivity index (χ4n) is 1.80. The number of methoxy groups -OCH3 is 1. The predicted molar refractivity (Wildman–Crippen MR) is 86.1 cm³/mol. The molecule has 0 unspecified atom stereocenters. The van der Waals surface area contributed by atoms with Crippen molar-refractivity contribution >= 4 is 28.2 Å². The lowest BCUT2D eigenvalue weighted by atomic mass is 10.1. The van der Waals surface area contributed by atoms with Gasteiger partial charge in [-0.25, -0.2) is 4.79 Å². The van der Waals surface area contributed by atoms with E-state index in [2.05, 4.69) is 10.6 Å². The maximum absolute atomic E-state index is 12.0. The first-order valence-electron chi connectivity index (χ1n) is 6.89. The van der Waals surface area contributed by atoms with Crippen LogP contribution in [0.1, 0.15) is 48.0 Å². The van der Waals surface area contributed by atoms with Crippen LogP contribution in [0.25, 0.3) is 0 Å². The van der Waals surface area contributed by atoms with Gasteiger partial charge in [0.25, 0.3) is 0 Å². The van der Waals surface area contributed by atoms with Crippen LogP contribution in [0, 0.1) is 13.8 Å². The molecule has 0 fully saturated rings. The van der Waals surface area contributed by atoms with Gasteiger partial charge in [-0.3, -0.25) is 4.79 Å². The summed E-state index contributed by atoms with van der Waals surface area (Å²) < 4.78 is 4.78. The van der Waals surface area contributed by atoms with E-state index in [1.165, 1.54) is 18.4 Å². The number of nitrogens with one attached hydrogen (secondary N) is 2. The Morgan fingerprint density at radius 1 is 1.24 bits per heavy atom. The zero-order valence-electron chi connectivity index (χ0n) is 13.5. The number of rotatable bonds is 5. The van der Waals surface area contributed by atoms with Crippen LogP contribution in [0.3, 0.4) is 0 Å². The molecular weight excluding hydrogens is 288 g/mol. The van der Waals surface area contributed by atoms with Crippen molar-refractivity contribution in [3.05, 3.63) is 16.0 Å². The maximum atomic E-state index is 12.0. The number of hydrogen-bond donors (Lipinski definition) is 2. The van der Waals surface area contributed by atoms with Gasteiger partial charge >= 0.3 is 5.97 Å². The van der Waals surface area contributed by atoms with Gasteiger partial charge in [0, 0.05) is 23.4 Å². The minimum atomic E-state index is -0.417. The largest absolute Gasteiger partial charge is 0.465 e. The molecule has 1 heterocycles. The van der Waals surface area contributed by atoms with Crippen molar-refractivity contribution in [2.45, 2.75) is 46.6 Å². The second kappa shape index (κ2) is 7.04. The summed E-state index contributed by atoms with van der Waals surface area (Å²) in [5, 5.41) is 6.63. The maximum Gasteiger partial charge on any atom is 0.341 e. The summed E-state index contributed by atoms with van der Waals surface area (Å²) in [6.07, 6.45) is 0.355. The Morgan fingerprint density at radius 3 is 2.38 bits per heavy atom. The van der Waals surface area contributed by atoms with E-state index in [1.807, 2.05) is 34.6 Å². The van der Waals surface area contributed by atoms with Gasteiger partial charge in [-0.1, -0.05) is 0 Å². The van der Waals surface area contributed by atoms with E-state index in [9.17, 15) is 9.59 Å². The standard InChI is InChI=1S/C15H24N2O3S/c1-9-10(2)21-13(12(9)14(19)20-6)17-11(18)7-8-16-15(3,4)5/h16H,7-8H2,1-6H3,(H,17,18). The number of ether oxygens (including phenoxy) is 1. The molecule has 0 aromatic carbocycles. The van der Waals surface area contributed by atoms with Crippen LogP contribution in [-0.4, -0.2) is 31.1 Å². The van der Waals surface area contributed by atoms with Crippen LogP contribution in [0.5, 0.6) is 0 Å². The highest BCUT2D eigenvalue weighted by Gasteiger charge is 2.21. The molecule has 0 aliphatic rings. The predicted octanol–water partition coefficient (Wildman–Crippen LogP) is 2.87. The molecule has 118 valence electrons. The van der Waals surface area contributed by atoms with Crippen LogP contribution in [0.2, 0.25) is 0 Å². The van der Waals surface area contributed by atoms with Crippen LogP contribution in [-0.2, 0) is 9.53 Å². The van der Waals surface area contributed by atoms with E-state index in [0.29, 0.717) is 23.5 Å². The number of esters is 1. The van der Waals surface area contributed by atoms with Gasteiger partial charge in [-0.15, -0.1) is 11.3 Å². The smallest absolute Gasteiger partial charge is 0.341 e. The summed E-state index contributed by atoms with van der Waals surface area (Å²) in [5.41, 5.74) is 1.29. The molecule has 0 radical (unpaired) electrons. The molecule has 0 aliphatic heterocycles. The van der Waals surface area contributed by atoms with Crippen molar-refractivity contribution in [3.63, 3.8) is 0 Å². The van der Waals surface area contributed by atoms with Crippen molar-refractivity contribution in [3.8, 4) is 0 Å². The molecule has 0 saturated carbocycles. The minimum absolute atomic E-state index is 0.0203. The summed E-state index contributed by atoms with van der Waals surface area (Å²) in [6, 6.07) is 0. The van der Waals surface area contributed by atoms with Gasteiger partial charge in [-0.2, -0.15) is 0 Å². The van der Waals surface area contributed by atoms with E-state index >= 15 is 0 Å². The average molecular weight is 312 g/mol. The molecule has 6 heteroatoms. The fraction of sp³-hybridized carbons (Fsp3) is 0.600. The molecule has 0 spiro atoms. The zero-order chi connectivity index (χ0) is 16.2. The number of carbonyl (C=O) groups excluding carboxylic acids is 2. The van der Waals surface area contributed by atoms with Gasteiger partial charge in [-0.05, 0) is 40.2 Å². The Morgan fingerprint density at radius 2 is 1.86 bits per heavy atom. The van der Waals surface area contributed by atoms with Gasteiger partial charge < -0.3 is 15.4 Å². The number of amides is 1. The number of thiophene rings is 1. The van der Waals surface area contributed by atoms with Crippen molar-refractivity contribution in [2.24, 2.45) is 0 Å². The first kappa shape index (κ1) is 17.7. The second-order valence-electron chi connectivity index (χ2n) is 5.95. The summed E-state index contributed by atoms with van der Waals surface area (Å²) in [6.45, 7) is 10.5. The van der Waals surface area contributed by atoms with E-state index in [4.69, 9.17) is 4.74 Å². The van der Waals surface area contributed by atoms with E-state index in [0.717, 1.165) is 10.4 Å². The molecule has 5 nitrogen and oxygen atoms in total. The molecule has 0 bridgehead atoms. The molecule has 1 aromatic heterocycles. The van der Waals surface area contributed by atoms with E-state index < -0.39 is 5.97 Å². The summed E-state index contributed by atoms with van der Waals surface area (Å²) >= 11 is 1.40. The summed E-state index contributed by atoms with van der Waals surface area (Å²) in [7, 11) is 1.34. The first-order chi connectivity index (χ1) is 9.65. The SMILES string of the molecule is COC(=O)c1c(NC(=O)CCNC(C)(C)C)sc(C)c1C. The topological polar surface area (TPSA) is 67.4 Å². The highest BCUT2D eigenvalue weighted by atomic mass is 32.1. The Bertz CT molecular complexity index is 530. The summed E-state index contributed by atoms with van der Waals surface area (Å²) in [5.74, 6) is -0.530. The molecule has 1 aromatic rings. The van der Waals surface area contributed by atoms with Crippen LogP contribution in [0.4, 0.5) is 5.00 Å². The lowest BCUT2D eigenvalue weighted by Crippen LogP contribution is -2.37. The molecule has 0 saturated heterocycles. The third kappa shape index (κ3) is 5.13. The lowest BCUT2D eigenvalue weighted by molar-refractivity contribution is -0.116. The fourth-order valence-corrected chi connectivity index (χ4v) is 2.87. The summed E-state index contributed by atoms with van der Waals surface area (Å²) in [4.78, 5) is 24.8. The molecule has 2 N–H and O–H groups in total. The lowest BCUT2D eigenvalue weighted by Gasteiger charge is -2.20. The Labute approximate surface area is 130 Å². The van der Waals surface area contributed by atoms with Crippen LogP contribution in [0.15, 0.2) is 0 Å². The van der Waals surface area contributed by atoms with Gasteiger partial charge in [0.2, 0.25) is 5.91 Å². The molecule has 0 atom stereocenters. The molecule has 1 amide bonds. The van der Waals surface area contributed by atoms with Crippen molar-refractivity contribution in [1.82, 2.24) is 5.32 Å². The number of hydrogen-bond acceptors (Lipinski definition) is 5. The number of anilines is 1. The number of carbonyl (C=O) groups is 2. The monoisotopic (exact) mass is 312 g/mol. The van der Waals surface area contributed by atoms with Gasteiger partial charge in [0.15, 0.2) is 0 Å². The third-order valence-electron chi connectivity index (χ3n) is 3.04. The molecular formula is C15H24N2O3S. The molecule has 1 rings (SSSR count). The third-order valence-corrected chi connectivity index (χ3v) is 4.16. The second-order valence-corrected chi connectivity index (χ2v) is 7.18. The van der Waals surface area contributed by atoms with Crippen molar-refractivity contribution < 1.29 is 14.3 Å². The molecule has 0 aliphatic carbocycles. The highest BCUT2D eigenvalue weighted by molar-refractivity contribution is 7.16. The first-order valence-corrected chi connectivity index (χ1v) is 7.70. The zero-order valence-corrected chi connectivity index (χ0v) is 14.4. The van der Waals surface area contributed by atoms with E-state index in [1.54, 1.807) is 0 Å². The minimum Gasteiger partial charge on any atom is -0.465 e. The normalized spacial score (nSPS) is 11.3. The Kier molecular flexibility index (Phi) is 5.92. The van der Waals surface area contributed by atoms with Gasteiger partial charge in [0.1, 0.15) is 5.00 Å².